The second kappa shape index (κ2) is 5.67. The van der Waals surface area contributed by atoms with Crippen molar-refractivity contribution in [3.05, 3.63) is 29.3 Å². The molecule has 0 amide bonds. The Kier molecular flexibility index (Phi) is 3.76. The standard InChI is InChI=1S/C14H18N2OS/c1-2-4-8-16(7-3-1)11-12-10-13(17-15-12)14-6-5-9-18-14/h5-6,9-10H,1-4,7-8,11H2. The molecule has 1 fully saturated rings. The molecule has 0 radical (unpaired) electrons. The Morgan fingerprint density at radius 1 is 1.22 bits per heavy atom. The van der Waals surface area contributed by atoms with Gasteiger partial charge in [-0.25, -0.2) is 0 Å². The van der Waals surface area contributed by atoms with E-state index in [-0.39, 0.29) is 0 Å². The summed E-state index contributed by atoms with van der Waals surface area (Å²) in [5, 5.41) is 6.25. The second-order valence-corrected chi connectivity index (χ2v) is 5.80. The Hall–Kier alpha value is -1.13. The molecule has 4 heteroatoms. The van der Waals surface area contributed by atoms with E-state index in [1.165, 1.54) is 38.8 Å². The fourth-order valence-corrected chi connectivity index (χ4v) is 3.12. The molecule has 0 spiro atoms. The Morgan fingerprint density at radius 2 is 2.06 bits per heavy atom. The lowest BCUT2D eigenvalue weighted by Crippen LogP contribution is -2.24. The molecule has 0 aromatic carbocycles. The van der Waals surface area contributed by atoms with Gasteiger partial charge in [0.15, 0.2) is 5.76 Å². The highest BCUT2D eigenvalue weighted by molar-refractivity contribution is 7.13. The van der Waals surface area contributed by atoms with Crippen molar-refractivity contribution >= 4 is 11.3 Å². The predicted molar refractivity (Wildman–Crippen MR) is 73.6 cm³/mol. The number of likely N-dealkylation sites (tertiary alicyclic amines) is 1. The van der Waals surface area contributed by atoms with Crippen LogP contribution in [0, 0.1) is 0 Å². The molecule has 0 unspecified atom stereocenters. The summed E-state index contributed by atoms with van der Waals surface area (Å²) in [6, 6.07) is 6.19. The van der Waals surface area contributed by atoms with Crippen molar-refractivity contribution in [2.45, 2.75) is 32.2 Å². The molecular weight excluding hydrogens is 244 g/mol. The van der Waals surface area contributed by atoms with Crippen molar-refractivity contribution in [2.24, 2.45) is 0 Å². The quantitative estimate of drug-likeness (QED) is 0.843. The van der Waals surface area contributed by atoms with E-state index in [0.717, 1.165) is 22.9 Å². The molecule has 1 aliphatic rings. The third kappa shape index (κ3) is 2.82. The van der Waals surface area contributed by atoms with E-state index < -0.39 is 0 Å². The molecule has 2 aromatic rings. The lowest BCUT2D eigenvalue weighted by molar-refractivity contribution is 0.267. The SMILES string of the molecule is c1csc(-c2cc(CN3CCCCCC3)no2)c1. The summed E-state index contributed by atoms with van der Waals surface area (Å²) in [6.45, 7) is 3.32. The molecule has 1 saturated heterocycles. The van der Waals surface area contributed by atoms with Gasteiger partial charge in [0.2, 0.25) is 0 Å². The summed E-state index contributed by atoms with van der Waals surface area (Å²) in [6.07, 6.45) is 5.37. The Bertz CT molecular complexity index is 470. The van der Waals surface area contributed by atoms with Crippen LogP contribution < -0.4 is 0 Å². The lowest BCUT2D eigenvalue weighted by atomic mass is 10.2. The highest BCUT2D eigenvalue weighted by atomic mass is 32.1. The third-order valence-corrected chi connectivity index (χ3v) is 4.29. The van der Waals surface area contributed by atoms with Crippen molar-refractivity contribution in [3.63, 3.8) is 0 Å². The minimum atomic E-state index is 0.898. The molecule has 3 nitrogen and oxygen atoms in total. The zero-order valence-electron chi connectivity index (χ0n) is 10.5. The molecule has 1 aliphatic heterocycles. The van der Waals surface area contributed by atoms with Crippen LogP contribution in [-0.4, -0.2) is 23.1 Å². The van der Waals surface area contributed by atoms with Gasteiger partial charge in [0.1, 0.15) is 0 Å². The smallest absolute Gasteiger partial charge is 0.177 e. The first kappa shape index (κ1) is 11.9. The molecule has 0 N–H and O–H groups in total. The first-order chi connectivity index (χ1) is 8.92. The minimum Gasteiger partial charge on any atom is -0.355 e. The number of hydrogen-bond donors (Lipinski definition) is 0. The lowest BCUT2D eigenvalue weighted by Gasteiger charge is -2.17. The summed E-state index contributed by atoms with van der Waals surface area (Å²) < 4.78 is 5.42. The molecule has 2 aromatic heterocycles. The van der Waals surface area contributed by atoms with Crippen molar-refractivity contribution in [2.75, 3.05) is 13.1 Å². The summed E-state index contributed by atoms with van der Waals surface area (Å²) in [5.41, 5.74) is 1.06. The number of hydrogen-bond acceptors (Lipinski definition) is 4. The molecule has 0 saturated carbocycles. The Balaban J connectivity index is 1.66. The van der Waals surface area contributed by atoms with Crippen LogP contribution in [0.5, 0.6) is 0 Å². The maximum Gasteiger partial charge on any atom is 0.177 e. The average molecular weight is 262 g/mol. The number of rotatable bonds is 3. The van der Waals surface area contributed by atoms with Crippen LogP contribution in [0.25, 0.3) is 10.6 Å². The molecule has 3 heterocycles. The van der Waals surface area contributed by atoms with Crippen LogP contribution in [-0.2, 0) is 6.54 Å². The van der Waals surface area contributed by atoms with E-state index in [0.29, 0.717) is 0 Å². The first-order valence-corrected chi connectivity index (χ1v) is 7.51. The van der Waals surface area contributed by atoms with E-state index in [9.17, 15) is 0 Å². The average Bonchev–Trinajstić information content (AvgIpc) is 2.98. The summed E-state index contributed by atoms with van der Waals surface area (Å²) in [5.74, 6) is 0.898. The van der Waals surface area contributed by atoms with Gasteiger partial charge in [0.25, 0.3) is 0 Å². The first-order valence-electron chi connectivity index (χ1n) is 6.64. The molecular formula is C14H18N2OS. The topological polar surface area (TPSA) is 29.3 Å². The van der Waals surface area contributed by atoms with Crippen LogP contribution in [0.3, 0.4) is 0 Å². The number of aromatic nitrogens is 1. The predicted octanol–water partition coefficient (Wildman–Crippen LogP) is 3.78. The highest BCUT2D eigenvalue weighted by Gasteiger charge is 2.13. The Labute approximate surface area is 111 Å². The van der Waals surface area contributed by atoms with E-state index in [4.69, 9.17) is 4.52 Å². The van der Waals surface area contributed by atoms with Crippen LogP contribution in [0.1, 0.15) is 31.4 Å². The monoisotopic (exact) mass is 262 g/mol. The van der Waals surface area contributed by atoms with Gasteiger partial charge in [-0.15, -0.1) is 11.3 Å². The van der Waals surface area contributed by atoms with Gasteiger partial charge < -0.3 is 4.52 Å². The summed E-state index contributed by atoms with van der Waals surface area (Å²) >= 11 is 1.69. The van der Waals surface area contributed by atoms with E-state index in [1.54, 1.807) is 11.3 Å². The normalized spacial score (nSPS) is 17.8. The van der Waals surface area contributed by atoms with Crippen molar-refractivity contribution < 1.29 is 4.52 Å². The van der Waals surface area contributed by atoms with Crippen LogP contribution in [0.2, 0.25) is 0 Å². The molecule has 0 aliphatic carbocycles. The highest BCUT2D eigenvalue weighted by Crippen LogP contribution is 2.25. The second-order valence-electron chi connectivity index (χ2n) is 4.85. The van der Waals surface area contributed by atoms with Gasteiger partial charge in [-0.1, -0.05) is 24.1 Å². The van der Waals surface area contributed by atoms with Crippen LogP contribution in [0.4, 0.5) is 0 Å². The molecule has 18 heavy (non-hydrogen) atoms. The minimum absolute atomic E-state index is 0.898. The molecule has 0 bridgehead atoms. The van der Waals surface area contributed by atoms with Crippen LogP contribution >= 0.6 is 11.3 Å². The maximum absolute atomic E-state index is 5.42. The largest absolute Gasteiger partial charge is 0.355 e. The molecule has 0 atom stereocenters. The van der Waals surface area contributed by atoms with Gasteiger partial charge in [-0.05, 0) is 37.4 Å². The summed E-state index contributed by atoms with van der Waals surface area (Å²) in [4.78, 5) is 3.65. The van der Waals surface area contributed by atoms with E-state index >= 15 is 0 Å². The van der Waals surface area contributed by atoms with Crippen molar-refractivity contribution in [1.29, 1.82) is 0 Å². The number of thiophene rings is 1. The van der Waals surface area contributed by atoms with Gasteiger partial charge >= 0.3 is 0 Å². The van der Waals surface area contributed by atoms with E-state index in [2.05, 4.69) is 27.6 Å². The fraction of sp³-hybridized carbons (Fsp3) is 0.500. The summed E-state index contributed by atoms with van der Waals surface area (Å²) in [7, 11) is 0. The van der Waals surface area contributed by atoms with Crippen molar-refractivity contribution in [3.8, 4) is 10.6 Å². The maximum atomic E-state index is 5.42. The zero-order valence-corrected chi connectivity index (χ0v) is 11.3. The Morgan fingerprint density at radius 3 is 2.78 bits per heavy atom. The van der Waals surface area contributed by atoms with E-state index in [1.807, 2.05) is 6.07 Å². The molecule has 3 rings (SSSR count). The van der Waals surface area contributed by atoms with Gasteiger partial charge in [0, 0.05) is 12.6 Å². The third-order valence-electron chi connectivity index (χ3n) is 3.41. The van der Waals surface area contributed by atoms with Crippen LogP contribution in [0.15, 0.2) is 28.1 Å². The molecule has 96 valence electrons. The van der Waals surface area contributed by atoms with Gasteiger partial charge in [-0.3, -0.25) is 4.90 Å². The van der Waals surface area contributed by atoms with Gasteiger partial charge in [0.05, 0.1) is 10.6 Å². The number of nitrogens with zero attached hydrogens (tertiary/aromatic N) is 2. The van der Waals surface area contributed by atoms with Gasteiger partial charge in [-0.2, -0.15) is 0 Å². The fourth-order valence-electron chi connectivity index (χ4n) is 2.44. The zero-order chi connectivity index (χ0) is 12.2. The van der Waals surface area contributed by atoms with Crippen molar-refractivity contribution in [1.82, 2.24) is 10.1 Å².